The second-order valence-electron chi connectivity index (χ2n) is 4.21. The minimum Gasteiger partial charge on any atom is -0.484 e. The van der Waals surface area contributed by atoms with Crippen LogP contribution >= 0.6 is 28.1 Å². The van der Waals surface area contributed by atoms with Crippen molar-refractivity contribution in [1.29, 1.82) is 0 Å². The molecule has 0 aliphatic heterocycles. The van der Waals surface area contributed by atoms with Crippen molar-refractivity contribution < 1.29 is 9.53 Å². The topological polar surface area (TPSA) is 64.3 Å². The average molecular weight is 365 g/mol. The number of hydrogen-bond acceptors (Lipinski definition) is 3. The van der Waals surface area contributed by atoms with Crippen molar-refractivity contribution >= 4 is 44.7 Å². The number of benzene rings is 2. The molecule has 2 aromatic rings. The molecular weight excluding hydrogens is 352 g/mol. The molecule has 0 fully saturated rings. The molecule has 0 radical (unpaired) electrons. The van der Waals surface area contributed by atoms with Crippen molar-refractivity contribution in [2.24, 2.45) is 5.73 Å². The van der Waals surface area contributed by atoms with E-state index in [4.69, 9.17) is 22.7 Å². The molecule has 108 valence electrons. The zero-order valence-corrected chi connectivity index (χ0v) is 13.4. The van der Waals surface area contributed by atoms with Gasteiger partial charge in [-0.1, -0.05) is 30.4 Å². The van der Waals surface area contributed by atoms with E-state index in [1.807, 2.05) is 18.2 Å². The van der Waals surface area contributed by atoms with Crippen LogP contribution in [0.15, 0.2) is 53.0 Å². The standard InChI is InChI=1S/C15H13BrN2O2S/c16-12-8-10(15(17)21)6-7-13(12)18-14(19)9-20-11-4-2-1-3-5-11/h1-8H,9H2,(H2,17,21)(H,18,19). The summed E-state index contributed by atoms with van der Waals surface area (Å²) < 4.78 is 6.08. The van der Waals surface area contributed by atoms with Gasteiger partial charge >= 0.3 is 0 Å². The third-order valence-corrected chi connectivity index (χ3v) is 3.53. The van der Waals surface area contributed by atoms with E-state index in [1.165, 1.54) is 0 Å². The number of ether oxygens (including phenoxy) is 1. The van der Waals surface area contributed by atoms with Crippen LogP contribution in [0.5, 0.6) is 5.75 Å². The van der Waals surface area contributed by atoms with Gasteiger partial charge in [0.05, 0.1) is 5.69 Å². The highest BCUT2D eigenvalue weighted by atomic mass is 79.9. The Morgan fingerprint density at radius 3 is 2.57 bits per heavy atom. The van der Waals surface area contributed by atoms with Crippen molar-refractivity contribution in [2.75, 3.05) is 11.9 Å². The minimum absolute atomic E-state index is 0.0620. The van der Waals surface area contributed by atoms with Crippen LogP contribution in [0.1, 0.15) is 5.56 Å². The van der Waals surface area contributed by atoms with E-state index in [9.17, 15) is 4.79 Å². The fourth-order valence-corrected chi connectivity index (χ4v) is 2.23. The van der Waals surface area contributed by atoms with E-state index < -0.39 is 0 Å². The summed E-state index contributed by atoms with van der Waals surface area (Å²) in [4.78, 5) is 12.2. The Balaban J connectivity index is 1.95. The maximum Gasteiger partial charge on any atom is 0.262 e. The molecular formula is C15H13BrN2O2S. The van der Waals surface area contributed by atoms with Crippen molar-refractivity contribution in [3.05, 3.63) is 58.6 Å². The minimum atomic E-state index is -0.248. The first-order valence-electron chi connectivity index (χ1n) is 6.13. The molecule has 0 aliphatic rings. The number of rotatable bonds is 5. The first kappa shape index (κ1) is 15.5. The predicted octanol–water partition coefficient (Wildman–Crippen LogP) is 3.10. The normalized spacial score (nSPS) is 9.95. The number of amides is 1. The molecule has 6 heteroatoms. The van der Waals surface area contributed by atoms with Crippen molar-refractivity contribution in [3.63, 3.8) is 0 Å². The molecule has 0 unspecified atom stereocenters. The van der Waals surface area contributed by atoms with Gasteiger partial charge in [0.15, 0.2) is 6.61 Å². The molecule has 2 rings (SSSR count). The third kappa shape index (κ3) is 4.54. The fourth-order valence-electron chi connectivity index (χ4n) is 1.62. The number of hydrogen-bond donors (Lipinski definition) is 2. The zero-order chi connectivity index (χ0) is 15.2. The van der Waals surface area contributed by atoms with E-state index in [2.05, 4.69) is 21.2 Å². The Morgan fingerprint density at radius 2 is 1.95 bits per heavy atom. The Bertz CT molecular complexity index is 662. The number of anilines is 1. The summed E-state index contributed by atoms with van der Waals surface area (Å²) in [7, 11) is 0. The van der Waals surface area contributed by atoms with Crippen molar-refractivity contribution in [1.82, 2.24) is 0 Å². The predicted molar refractivity (Wildman–Crippen MR) is 90.6 cm³/mol. The number of nitrogens with one attached hydrogen (secondary N) is 1. The summed E-state index contributed by atoms with van der Waals surface area (Å²) in [5.41, 5.74) is 6.92. The van der Waals surface area contributed by atoms with Gasteiger partial charge in [-0.2, -0.15) is 0 Å². The van der Waals surface area contributed by atoms with Crippen LogP contribution in [0.4, 0.5) is 5.69 Å². The van der Waals surface area contributed by atoms with Gasteiger partial charge in [0.1, 0.15) is 10.7 Å². The first-order chi connectivity index (χ1) is 10.1. The molecule has 0 saturated carbocycles. The molecule has 2 aromatic carbocycles. The number of halogens is 1. The molecule has 0 aliphatic carbocycles. The van der Waals surface area contributed by atoms with Crippen LogP contribution in [0.3, 0.4) is 0 Å². The van der Waals surface area contributed by atoms with E-state index in [0.717, 1.165) is 5.56 Å². The van der Waals surface area contributed by atoms with Gasteiger partial charge in [-0.25, -0.2) is 0 Å². The summed E-state index contributed by atoms with van der Waals surface area (Å²) in [6, 6.07) is 14.4. The largest absolute Gasteiger partial charge is 0.484 e. The molecule has 0 spiro atoms. The Kier molecular flexibility index (Phi) is 5.30. The average Bonchev–Trinajstić information content (AvgIpc) is 2.48. The van der Waals surface area contributed by atoms with Crippen molar-refractivity contribution in [3.8, 4) is 5.75 Å². The first-order valence-corrected chi connectivity index (χ1v) is 7.33. The van der Waals surface area contributed by atoms with Crippen LogP contribution in [-0.2, 0) is 4.79 Å². The van der Waals surface area contributed by atoms with Gasteiger partial charge in [-0.05, 0) is 46.3 Å². The fraction of sp³-hybridized carbons (Fsp3) is 0.0667. The number of thiocarbonyl (C=S) groups is 1. The highest BCUT2D eigenvalue weighted by Crippen LogP contribution is 2.23. The number of carbonyl (C=O) groups is 1. The molecule has 0 heterocycles. The highest BCUT2D eigenvalue weighted by Gasteiger charge is 2.08. The lowest BCUT2D eigenvalue weighted by atomic mass is 10.2. The third-order valence-electron chi connectivity index (χ3n) is 2.64. The lowest BCUT2D eigenvalue weighted by Gasteiger charge is -2.10. The SMILES string of the molecule is NC(=S)c1ccc(NC(=O)COc2ccccc2)c(Br)c1. The van der Waals surface area contributed by atoms with Gasteiger partial charge in [-0.15, -0.1) is 0 Å². The van der Waals surface area contributed by atoms with Gasteiger partial charge < -0.3 is 15.8 Å². The van der Waals surface area contributed by atoms with Crippen LogP contribution in [-0.4, -0.2) is 17.5 Å². The summed E-state index contributed by atoms with van der Waals surface area (Å²) in [6.07, 6.45) is 0. The summed E-state index contributed by atoms with van der Waals surface area (Å²) >= 11 is 8.27. The summed E-state index contributed by atoms with van der Waals surface area (Å²) in [5.74, 6) is 0.401. The molecule has 0 aromatic heterocycles. The smallest absolute Gasteiger partial charge is 0.262 e. The van der Waals surface area contributed by atoms with Crippen molar-refractivity contribution in [2.45, 2.75) is 0 Å². The maximum atomic E-state index is 11.8. The van der Waals surface area contributed by atoms with Gasteiger partial charge in [0.25, 0.3) is 5.91 Å². The molecule has 0 atom stereocenters. The van der Waals surface area contributed by atoms with Crippen LogP contribution < -0.4 is 15.8 Å². The monoisotopic (exact) mass is 364 g/mol. The number of para-hydroxylation sites is 1. The van der Waals surface area contributed by atoms with Crippen LogP contribution in [0, 0.1) is 0 Å². The summed E-state index contributed by atoms with van der Waals surface area (Å²) in [6.45, 7) is -0.0620. The number of nitrogens with two attached hydrogens (primary N) is 1. The van der Waals surface area contributed by atoms with E-state index in [1.54, 1.807) is 30.3 Å². The molecule has 4 nitrogen and oxygen atoms in total. The second-order valence-corrected chi connectivity index (χ2v) is 5.50. The number of carbonyl (C=O) groups excluding carboxylic acids is 1. The Morgan fingerprint density at radius 1 is 1.24 bits per heavy atom. The van der Waals surface area contributed by atoms with Gasteiger partial charge in [0, 0.05) is 10.0 Å². The van der Waals surface area contributed by atoms with Crippen LogP contribution in [0.25, 0.3) is 0 Å². The molecule has 0 saturated heterocycles. The second kappa shape index (κ2) is 7.19. The van der Waals surface area contributed by atoms with Crippen LogP contribution in [0.2, 0.25) is 0 Å². The van der Waals surface area contributed by atoms with Gasteiger partial charge in [0.2, 0.25) is 0 Å². The quantitative estimate of drug-likeness (QED) is 0.800. The molecule has 1 amide bonds. The summed E-state index contributed by atoms with van der Waals surface area (Å²) in [5, 5.41) is 2.75. The van der Waals surface area contributed by atoms with E-state index >= 15 is 0 Å². The molecule has 3 N–H and O–H groups in total. The van der Waals surface area contributed by atoms with E-state index in [0.29, 0.717) is 20.9 Å². The van der Waals surface area contributed by atoms with Gasteiger partial charge in [-0.3, -0.25) is 4.79 Å². The maximum absolute atomic E-state index is 11.8. The highest BCUT2D eigenvalue weighted by molar-refractivity contribution is 9.10. The lowest BCUT2D eigenvalue weighted by Crippen LogP contribution is -2.20. The Labute approximate surface area is 136 Å². The Hall–Kier alpha value is -1.92. The van der Waals surface area contributed by atoms with E-state index in [-0.39, 0.29) is 12.5 Å². The zero-order valence-electron chi connectivity index (χ0n) is 11.0. The lowest BCUT2D eigenvalue weighted by molar-refractivity contribution is -0.118. The molecule has 21 heavy (non-hydrogen) atoms. The molecule has 0 bridgehead atoms.